The van der Waals surface area contributed by atoms with Crippen LogP contribution in [0.25, 0.3) is 0 Å². The van der Waals surface area contributed by atoms with E-state index in [-0.39, 0.29) is 41.6 Å². The summed E-state index contributed by atoms with van der Waals surface area (Å²) in [6, 6.07) is 5.95. The Morgan fingerprint density at radius 1 is 1.02 bits per heavy atom. The van der Waals surface area contributed by atoms with Crippen molar-refractivity contribution >= 4 is 38.2 Å². The number of thiophene rings is 1. The van der Waals surface area contributed by atoms with Crippen LogP contribution in [0.1, 0.15) is 72.7 Å². The van der Waals surface area contributed by atoms with Crippen LogP contribution < -0.4 is 10.6 Å². The summed E-state index contributed by atoms with van der Waals surface area (Å²) < 4.78 is 39.1. The van der Waals surface area contributed by atoms with Gasteiger partial charge in [-0.2, -0.15) is 4.31 Å². The molecule has 1 aromatic carbocycles. The predicted octanol–water partition coefficient (Wildman–Crippen LogP) is 3.43. The number of morpholine rings is 2. The van der Waals surface area contributed by atoms with E-state index < -0.39 is 21.5 Å². The SMILES string of the molecule is CC1CN(S(=O)(=O)c2ccc(C(=O)Nc3sc4c(c3C(=O)N3CCOCC3)CC(C)(C)NC4(C)C)cc2)CC(C)O1. The van der Waals surface area contributed by atoms with Gasteiger partial charge in [-0.25, -0.2) is 8.42 Å². The number of amides is 2. The standard InChI is InChI=1S/C29H40N4O6S2/c1-18-16-33(17-19(2)39-18)41(36,37)21-9-7-20(8-10-21)25(34)30-26-23(27(35)32-11-13-38-14-12-32)22-15-28(3,4)31-29(5,6)24(22)40-26/h7-10,18-19,31H,11-17H2,1-6H3,(H,30,34). The molecule has 4 heterocycles. The topological polar surface area (TPSA) is 117 Å². The third kappa shape index (κ3) is 6.09. The summed E-state index contributed by atoms with van der Waals surface area (Å²) in [6.07, 6.45) is 0.250. The Morgan fingerprint density at radius 2 is 1.63 bits per heavy atom. The van der Waals surface area contributed by atoms with Crippen molar-refractivity contribution in [2.45, 2.75) is 76.1 Å². The number of hydrogen-bond acceptors (Lipinski definition) is 8. The number of benzene rings is 1. The van der Waals surface area contributed by atoms with Gasteiger partial charge in [0.2, 0.25) is 10.0 Å². The average Bonchev–Trinajstić information content (AvgIpc) is 3.25. The molecule has 3 aliphatic rings. The number of rotatable bonds is 5. The third-order valence-corrected chi connectivity index (χ3v) is 11.0. The highest BCUT2D eigenvalue weighted by molar-refractivity contribution is 7.89. The molecule has 0 spiro atoms. The highest BCUT2D eigenvalue weighted by atomic mass is 32.2. The Labute approximate surface area is 246 Å². The van der Waals surface area contributed by atoms with Gasteiger partial charge in [0.05, 0.1) is 35.9 Å². The predicted molar refractivity (Wildman–Crippen MR) is 158 cm³/mol. The van der Waals surface area contributed by atoms with Crippen LogP contribution in [-0.4, -0.2) is 86.6 Å². The zero-order valence-electron chi connectivity index (χ0n) is 24.6. The summed E-state index contributed by atoms with van der Waals surface area (Å²) >= 11 is 1.42. The van der Waals surface area contributed by atoms with Gasteiger partial charge < -0.3 is 25.0 Å². The van der Waals surface area contributed by atoms with E-state index in [1.165, 1.54) is 39.9 Å². The number of anilines is 1. The van der Waals surface area contributed by atoms with Gasteiger partial charge in [-0.05, 0) is 77.8 Å². The fourth-order valence-corrected chi connectivity index (χ4v) is 9.05. The quantitative estimate of drug-likeness (QED) is 0.537. The first kappa shape index (κ1) is 30.1. The van der Waals surface area contributed by atoms with E-state index in [2.05, 4.69) is 38.3 Å². The van der Waals surface area contributed by atoms with Crippen LogP contribution in [0, 0.1) is 0 Å². The first-order valence-electron chi connectivity index (χ1n) is 14.1. The van der Waals surface area contributed by atoms with Crippen LogP contribution in [-0.2, 0) is 31.5 Å². The number of ether oxygens (including phenoxy) is 2. The summed E-state index contributed by atoms with van der Waals surface area (Å²) in [6.45, 7) is 14.6. The number of sulfonamides is 1. The molecule has 41 heavy (non-hydrogen) atoms. The van der Waals surface area contributed by atoms with E-state index in [0.29, 0.717) is 48.9 Å². The number of carbonyl (C=O) groups excluding carboxylic acids is 2. The molecule has 2 N–H and O–H groups in total. The molecule has 5 rings (SSSR count). The lowest BCUT2D eigenvalue weighted by molar-refractivity contribution is -0.0440. The molecule has 2 aromatic rings. The largest absolute Gasteiger partial charge is 0.378 e. The van der Waals surface area contributed by atoms with E-state index >= 15 is 0 Å². The molecular weight excluding hydrogens is 564 g/mol. The minimum Gasteiger partial charge on any atom is -0.378 e. The third-order valence-electron chi connectivity index (χ3n) is 7.72. The Bertz CT molecular complexity index is 1420. The number of carbonyl (C=O) groups is 2. The van der Waals surface area contributed by atoms with Gasteiger partial charge in [-0.1, -0.05) is 0 Å². The Morgan fingerprint density at radius 3 is 2.24 bits per heavy atom. The molecule has 2 unspecified atom stereocenters. The molecule has 2 atom stereocenters. The van der Waals surface area contributed by atoms with Crippen molar-refractivity contribution in [2.24, 2.45) is 0 Å². The van der Waals surface area contributed by atoms with Crippen molar-refractivity contribution in [3.05, 3.63) is 45.8 Å². The highest BCUT2D eigenvalue weighted by Gasteiger charge is 2.42. The maximum absolute atomic E-state index is 13.9. The summed E-state index contributed by atoms with van der Waals surface area (Å²) in [5.74, 6) is -0.507. The van der Waals surface area contributed by atoms with Crippen LogP contribution in [0.2, 0.25) is 0 Å². The molecule has 2 amide bonds. The molecule has 0 saturated carbocycles. The van der Waals surface area contributed by atoms with E-state index in [4.69, 9.17) is 9.47 Å². The van der Waals surface area contributed by atoms with Crippen molar-refractivity contribution in [3.63, 3.8) is 0 Å². The lowest BCUT2D eigenvalue weighted by atomic mass is 9.81. The van der Waals surface area contributed by atoms with Crippen LogP contribution >= 0.6 is 11.3 Å². The fourth-order valence-electron chi connectivity index (χ4n) is 6.20. The number of nitrogens with zero attached hydrogens (tertiary/aromatic N) is 2. The van der Waals surface area contributed by atoms with E-state index in [0.717, 1.165) is 10.4 Å². The monoisotopic (exact) mass is 604 g/mol. The van der Waals surface area contributed by atoms with Gasteiger partial charge in [-0.3, -0.25) is 9.59 Å². The number of nitrogens with one attached hydrogen (secondary N) is 2. The first-order chi connectivity index (χ1) is 19.2. The molecule has 2 saturated heterocycles. The lowest BCUT2D eigenvalue weighted by Crippen LogP contribution is -2.55. The van der Waals surface area contributed by atoms with Gasteiger partial charge >= 0.3 is 0 Å². The lowest BCUT2D eigenvalue weighted by Gasteiger charge is -2.42. The normalized spacial score (nSPS) is 24.5. The molecule has 1 aromatic heterocycles. The molecule has 0 bridgehead atoms. The molecule has 224 valence electrons. The summed E-state index contributed by atoms with van der Waals surface area (Å²) in [4.78, 5) is 30.3. The first-order valence-corrected chi connectivity index (χ1v) is 16.3. The van der Waals surface area contributed by atoms with E-state index in [9.17, 15) is 18.0 Å². The highest BCUT2D eigenvalue weighted by Crippen LogP contribution is 2.45. The Kier molecular flexibility index (Phi) is 8.12. The van der Waals surface area contributed by atoms with Crippen molar-refractivity contribution in [1.29, 1.82) is 0 Å². The average molecular weight is 605 g/mol. The van der Waals surface area contributed by atoms with Crippen molar-refractivity contribution in [1.82, 2.24) is 14.5 Å². The Hall–Kier alpha value is -2.35. The number of fused-ring (bicyclic) bond motifs is 1. The second kappa shape index (κ2) is 11.1. The zero-order valence-corrected chi connectivity index (χ0v) is 26.2. The van der Waals surface area contributed by atoms with E-state index in [1.54, 1.807) is 4.90 Å². The molecule has 0 aliphatic carbocycles. The molecule has 0 radical (unpaired) electrons. The molecule has 12 heteroatoms. The van der Waals surface area contributed by atoms with Crippen LogP contribution in [0.3, 0.4) is 0 Å². The summed E-state index contributed by atoms with van der Waals surface area (Å²) in [5.41, 5.74) is 1.18. The Balaban J connectivity index is 1.43. The number of hydrogen-bond donors (Lipinski definition) is 2. The van der Waals surface area contributed by atoms with Gasteiger partial charge in [0.15, 0.2) is 0 Å². The van der Waals surface area contributed by atoms with Crippen LogP contribution in [0.15, 0.2) is 29.2 Å². The fraction of sp³-hybridized carbons (Fsp3) is 0.586. The van der Waals surface area contributed by atoms with Gasteiger partial charge in [-0.15, -0.1) is 11.3 Å². The van der Waals surface area contributed by atoms with E-state index in [1.807, 2.05) is 13.8 Å². The van der Waals surface area contributed by atoms with Gasteiger partial charge in [0.25, 0.3) is 11.8 Å². The molecule has 2 fully saturated rings. The maximum atomic E-state index is 13.9. The second-order valence-corrected chi connectivity index (χ2v) is 15.3. The van der Waals surface area contributed by atoms with Crippen molar-refractivity contribution < 1.29 is 27.5 Å². The molecule has 10 nitrogen and oxygen atoms in total. The van der Waals surface area contributed by atoms with Gasteiger partial charge in [0, 0.05) is 47.7 Å². The minimum absolute atomic E-state index is 0.106. The van der Waals surface area contributed by atoms with Crippen molar-refractivity contribution in [2.75, 3.05) is 44.7 Å². The minimum atomic E-state index is -3.73. The molecule has 3 aliphatic heterocycles. The summed E-state index contributed by atoms with van der Waals surface area (Å²) in [7, 11) is -3.73. The van der Waals surface area contributed by atoms with Crippen LogP contribution in [0.5, 0.6) is 0 Å². The zero-order chi connectivity index (χ0) is 29.7. The maximum Gasteiger partial charge on any atom is 0.257 e. The smallest absolute Gasteiger partial charge is 0.257 e. The van der Waals surface area contributed by atoms with Crippen LogP contribution in [0.4, 0.5) is 5.00 Å². The summed E-state index contributed by atoms with van der Waals surface area (Å²) in [5, 5.41) is 7.18. The second-order valence-electron chi connectivity index (χ2n) is 12.4. The van der Waals surface area contributed by atoms with Gasteiger partial charge in [0.1, 0.15) is 5.00 Å². The van der Waals surface area contributed by atoms with Crippen molar-refractivity contribution in [3.8, 4) is 0 Å². The molecular formula is C29H40N4O6S2.